The SMILES string of the molecule is CCOC(=O)C1=C(c2ccccc2)NS(=O)(=O)N(C(C)C)C1=N. The average molecular weight is 337 g/mol. The lowest BCUT2D eigenvalue weighted by Gasteiger charge is -2.34. The van der Waals surface area contributed by atoms with Gasteiger partial charge in [0.1, 0.15) is 5.57 Å². The number of rotatable bonds is 4. The van der Waals surface area contributed by atoms with Crippen molar-refractivity contribution in [3.05, 3.63) is 41.5 Å². The Hall–Kier alpha value is -2.35. The molecular weight excluding hydrogens is 318 g/mol. The minimum atomic E-state index is -3.96. The van der Waals surface area contributed by atoms with E-state index in [-0.39, 0.29) is 17.9 Å². The summed E-state index contributed by atoms with van der Waals surface area (Å²) in [7, 11) is -3.96. The standard InChI is InChI=1S/C15H19N3O4S/c1-4-22-15(19)12-13(11-8-6-5-7-9-11)17-23(20,21)18(10(2)3)14(12)16/h5-10,16-17H,4H2,1-3H3. The zero-order valence-electron chi connectivity index (χ0n) is 13.2. The zero-order valence-corrected chi connectivity index (χ0v) is 14.0. The number of ether oxygens (including phenoxy) is 1. The van der Waals surface area contributed by atoms with Gasteiger partial charge in [-0.2, -0.15) is 8.42 Å². The third-order valence-electron chi connectivity index (χ3n) is 3.21. The second-order valence-corrected chi connectivity index (χ2v) is 6.73. The lowest BCUT2D eigenvalue weighted by Crippen LogP contribution is -2.53. The number of hydrogen-bond acceptors (Lipinski definition) is 5. The van der Waals surface area contributed by atoms with Gasteiger partial charge in [-0.15, -0.1) is 0 Å². The van der Waals surface area contributed by atoms with Gasteiger partial charge in [0, 0.05) is 6.04 Å². The predicted octanol–water partition coefficient (Wildman–Crippen LogP) is 1.50. The van der Waals surface area contributed by atoms with Gasteiger partial charge in [0.2, 0.25) is 0 Å². The molecule has 0 fully saturated rings. The quantitative estimate of drug-likeness (QED) is 0.813. The van der Waals surface area contributed by atoms with Crippen LogP contribution in [-0.2, 0) is 19.7 Å². The van der Waals surface area contributed by atoms with Gasteiger partial charge in [-0.25, -0.2) is 9.10 Å². The monoisotopic (exact) mass is 337 g/mol. The van der Waals surface area contributed by atoms with Gasteiger partial charge in [-0.1, -0.05) is 30.3 Å². The molecule has 1 aliphatic rings. The first-order valence-corrected chi connectivity index (χ1v) is 8.61. The Bertz CT molecular complexity index is 754. The molecule has 0 unspecified atom stereocenters. The molecule has 0 aliphatic carbocycles. The summed E-state index contributed by atoms with van der Waals surface area (Å²) in [4.78, 5) is 12.3. The smallest absolute Gasteiger partial charge is 0.344 e. The molecule has 0 amide bonds. The van der Waals surface area contributed by atoms with Crippen LogP contribution < -0.4 is 4.72 Å². The Morgan fingerprint density at radius 3 is 2.43 bits per heavy atom. The maximum atomic E-state index is 12.4. The lowest BCUT2D eigenvalue weighted by molar-refractivity contribution is -0.137. The number of nitrogens with zero attached hydrogens (tertiary/aromatic N) is 1. The van der Waals surface area contributed by atoms with E-state index in [1.807, 2.05) is 0 Å². The van der Waals surface area contributed by atoms with Crippen molar-refractivity contribution in [2.24, 2.45) is 0 Å². The number of nitrogens with one attached hydrogen (secondary N) is 2. The predicted molar refractivity (Wildman–Crippen MR) is 86.8 cm³/mol. The summed E-state index contributed by atoms with van der Waals surface area (Å²) < 4.78 is 33.1. The minimum Gasteiger partial charge on any atom is -0.462 e. The first-order valence-electron chi connectivity index (χ1n) is 7.17. The van der Waals surface area contributed by atoms with Crippen LogP contribution in [0, 0.1) is 5.41 Å². The van der Waals surface area contributed by atoms with Crippen molar-refractivity contribution in [1.82, 2.24) is 9.03 Å². The Morgan fingerprint density at radius 1 is 1.30 bits per heavy atom. The summed E-state index contributed by atoms with van der Waals surface area (Å²) in [5, 5.41) is 8.23. The second kappa shape index (κ2) is 6.41. The Morgan fingerprint density at radius 2 is 1.91 bits per heavy atom. The minimum absolute atomic E-state index is 0.0611. The summed E-state index contributed by atoms with van der Waals surface area (Å²) >= 11 is 0. The van der Waals surface area contributed by atoms with Crippen LogP contribution in [0.15, 0.2) is 35.9 Å². The van der Waals surface area contributed by atoms with Crippen LogP contribution in [-0.4, -0.2) is 37.2 Å². The highest BCUT2D eigenvalue weighted by molar-refractivity contribution is 7.88. The molecular formula is C15H19N3O4S. The van der Waals surface area contributed by atoms with Crippen LogP contribution in [0.4, 0.5) is 0 Å². The molecule has 124 valence electrons. The van der Waals surface area contributed by atoms with Gasteiger partial charge in [0.15, 0.2) is 5.84 Å². The molecule has 0 atom stereocenters. The van der Waals surface area contributed by atoms with E-state index >= 15 is 0 Å². The highest BCUT2D eigenvalue weighted by atomic mass is 32.2. The molecule has 2 rings (SSSR count). The molecule has 8 heteroatoms. The summed E-state index contributed by atoms with van der Waals surface area (Å²) in [6.07, 6.45) is 0. The van der Waals surface area contributed by atoms with E-state index in [1.165, 1.54) is 0 Å². The highest BCUT2D eigenvalue weighted by Crippen LogP contribution is 2.27. The zero-order chi connectivity index (χ0) is 17.2. The molecule has 23 heavy (non-hydrogen) atoms. The fraction of sp³-hybridized carbons (Fsp3) is 0.333. The van der Waals surface area contributed by atoms with Crippen molar-refractivity contribution in [2.45, 2.75) is 26.8 Å². The third kappa shape index (κ3) is 3.21. The molecule has 2 N–H and O–H groups in total. The van der Waals surface area contributed by atoms with E-state index in [1.54, 1.807) is 51.1 Å². The molecule has 1 aliphatic heterocycles. The molecule has 1 heterocycles. The van der Waals surface area contributed by atoms with E-state index in [4.69, 9.17) is 10.1 Å². The van der Waals surface area contributed by atoms with Gasteiger partial charge in [-0.05, 0) is 26.3 Å². The number of carbonyl (C=O) groups is 1. The molecule has 0 spiro atoms. The lowest BCUT2D eigenvalue weighted by atomic mass is 10.1. The van der Waals surface area contributed by atoms with E-state index < -0.39 is 28.1 Å². The van der Waals surface area contributed by atoms with Crippen LogP contribution in [0.25, 0.3) is 5.70 Å². The summed E-state index contributed by atoms with van der Waals surface area (Å²) in [5.41, 5.74) is 0.458. The highest BCUT2D eigenvalue weighted by Gasteiger charge is 2.40. The number of carbonyl (C=O) groups excluding carboxylic acids is 1. The topological polar surface area (TPSA) is 99.6 Å². The summed E-state index contributed by atoms with van der Waals surface area (Å²) in [6.45, 7) is 5.04. The fourth-order valence-corrected chi connectivity index (χ4v) is 3.79. The van der Waals surface area contributed by atoms with Crippen molar-refractivity contribution in [1.29, 1.82) is 5.41 Å². The van der Waals surface area contributed by atoms with E-state index in [9.17, 15) is 13.2 Å². The number of hydrogen-bond donors (Lipinski definition) is 2. The van der Waals surface area contributed by atoms with Gasteiger partial charge < -0.3 is 4.74 Å². The van der Waals surface area contributed by atoms with Crippen molar-refractivity contribution in [3.8, 4) is 0 Å². The van der Waals surface area contributed by atoms with Crippen molar-refractivity contribution >= 4 is 27.7 Å². The first-order chi connectivity index (χ1) is 10.8. The number of amidine groups is 1. The average Bonchev–Trinajstić information content (AvgIpc) is 2.46. The van der Waals surface area contributed by atoms with Crippen LogP contribution in [0.1, 0.15) is 26.3 Å². The van der Waals surface area contributed by atoms with E-state index in [2.05, 4.69) is 4.72 Å². The maximum absolute atomic E-state index is 12.4. The molecule has 1 aromatic rings. The fourth-order valence-electron chi connectivity index (χ4n) is 2.32. The van der Waals surface area contributed by atoms with Crippen LogP contribution in [0.2, 0.25) is 0 Å². The number of benzene rings is 1. The molecule has 0 bridgehead atoms. The van der Waals surface area contributed by atoms with Gasteiger partial charge in [0.25, 0.3) is 0 Å². The molecule has 7 nitrogen and oxygen atoms in total. The largest absolute Gasteiger partial charge is 0.462 e. The van der Waals surface area contributed by atoms with Gasteiger partial charge in [-0.3, -0.25) is 10.1 Å². The molecule has 0 radical (unpaired) electrons. The molecule has 0 saturated carbocycles. The van der Waals surface area contributed by atoms with Gasteiger partial charge in [0.05, 0.1) is 12.3 Å². The van der Waals surface area contributed by atoms with Crippen LogP contribution >= 0.6 is 0 Å². The third-order valence-corrected chi connectivity index (χ3v) is 4.79. The maximum Gasteiger partial charge on any atom is 0.344 e. The van der Waals surface area contributed by atoms with Crippen molar-refractivity contribution in [3.63, 3.8) is 0 Å². The van der Waals surface area contributed by atoms with Crippen molar-refractivity contribution < 1.29 is 17.9 Å². The van der Waals surface area contributed by atoms with Crippen LogP contribution in [0.5, 0.6) is 0 Å². The second-order valence-electron chi connectivity index (χ2n) is 5.18. The van der Waals surface area contributed by atoms with Crippen molar-refractivity contribution in [2.75, 3.05) is 6.61 Å². The van der Waals surface area contributed by atoms with E-state index in [0.29, 0.717) is 5.56 Å². The molecule has 1 aromatic carbocycles. The Balaban J connectivity index is 2.68. The summed E-state index contributed by atoms with van der Waals surface area (Å²) in [5.74, 6) is -1.12. The number of esters is 1. The molecule has 0 saturated heterocycles. The summed E-state index contributed by atoms with van der Waals surface area (Å²) in [6, 6.07) is 8.03. The normalized spacial score (nSPS) is 17.2. The molecule has 0 aromatic heterocycles. The Labute approximate surface area is 135 Å². The van der Waals surface area contributed by atoms with Crippen LogP contribution in [0.3, 0.4) is 0 Å². The van der Waals surface area contributed by atoms with E-state index in [0.717, 1.165) is 4.31 Å². The van der Waals surface area contributed by atoms with Gasteiger partial charge >= 0.3 is 16.2 Å². The first kappa shape index (κ1) is 17.0. The Kier molecular flexibility index (Phi) is 4.74.